The Morgan fingerprint density at radius 2 is 1.85 bits per heavy atom. The Bertz CT molecular complexity index is 1570. The van der Waals surface area contributed by atoms with E-state index in [1.807, 2.05) is 72.2 Å². The molecule has 39 heavy (non-hydrogen) atoms. The monoisotopic (exact) mass is 595 g/mol. The van der Waals surface area contributed by atoms with Crippen LogP contribution in [0.2, 0.25) is 10.0 Å². The molecule has 0 saturated heterocycles. The highest BCUT2D eigenvalue weighted by molar-refractivity contribution is 7.99. The van der Waals surface area contributed by atoms with Gasteiger partial charge >= 0.3 is 0 Å². The minimum atomic E-state index is -0.188. The van der Waals surface area contributed by atoms with Gasteiger partial charge < -0.3 is 10.1 Å². The zero-order chi connectivity index (χ0) is 27.2. The summed E-state index contributed by atoms with van der Waals surface area (Å²) in [6.07, 6.45) is 2.32. The first-order valence-corrected chi connectivity index (χ1v) is 14.6. The van der Waals surface area contributed by atoms with Crippen LogP contribution in [0.4, 0.5) is 5.13 Å². The lowest BCUT2D eigenvalue weighted by Gasteiger charge is -2.11. The number of rotatable bonds is 10. The van der Waals surface area contributed by atoms with Crippen LogP contribution in [0.25, 0.3) is 17.1 Å². The van der Waals surface area contributed by atoms with Gasteiger partial charge in [0, 0.05) is 38.8 Å². The number of anilines is 1. The van der Waals surface area contributed by atoms with Crippen LogP contribution in [0, 0.1) is 0 Å². The predicted octanol–water partition coefficient (Wildman–Crippen LogP) is 7.42. The second-order valence-corrected chi connectivity index (χ2v) is 11.2. The zero-order valence-electron chi connectivity index (χ0n) is 20.8. The summed E-state index contributed by atoms with van der Waals surface area (Å²) in [6.45, 7) is 2.55. The highest BCUT2D eigenvalue weighted by Gasteiger charge is 2.18. The average Bonchev–Trinajstić information content (AvgIpc) is 3.57. The molecular formula is C28H23Cl2N5O2S2. The Kier molecular flexibility index (Phi) is 8.83. The molecule has 2 heterocycles. The van der Waals surface area contributed by atoms with E-state index in [0.29, 0.717) is 39.2 Å². The van der Waals surface area contributed by atoms with Crippen molar-refractivity contribution in [1.29, 1.82) is 0 Å². The molecule has 5 rings (SSSR count). The molecule has 1 amide bonds. The summed E-state index contributed by atoms with van der Waals surface area (Å²) in [5.41, 5.74) is 2.70. The number of carbonyl (C=O) groups is 1. The van der Waals surface area contributed by atoms with E-state index in [1.54, 1.807) is 18.3 Å². The van der Waals surface area contributed by atoms with Crippen molar-refractivity contribution in [2.75, 3.05) is 17.7 Å². The van der Waals surface area contributed by atoms with Gasteiger partial charge in [-0.25, -0.2) is 4.98 Å². The summed E-state index contributed by atoms with van der Waals surface area (Å²) in [5, 5.41) is 14.1. The number of thioether (sulfide) groups is 1. The fourth-order valence-corrected chi connectivity index (χ4v) is 5.81. The number of nitrogens with zero attached hydrogens (tertiary/aromatic N) is 4. The van der Waals surface area contributed by atoms with Crippen molar-refractivity contribution < 1.29 is 9.53 Å². The molecule has 0 spiro atoms. The van der Waals surface area contributed by atoms with Gasteiger partial charge in [-0.2, -0.15) is 0 Å². The molecule has 5 aromatic rings. The van der Waals surface area contributed by atoms with Crippen LogP contribution in [-0.2, 0) is 11.2 Å². The number of nitrogens with one attached hydrogen (secondary N) is 1. The fourth-order valence-electron chi connectivity index (χ4n) is 3.83. The van der Waals surface area contributed by atoms with E-state index >= 15 is 0 Å². The molecule has 3 aromatic carbocycles. The molecule has 7 nitrogen and oxygen atoms in total. The number of ether oxygens (including phenoxy) is 1. The zero-order valence-corrected chi connectivity index (χ0v) is 23.9. The highest BCUT2D eigenvalue weighted by Crippen LogP contribution is 2.30. The minimum Gasteiger partial charge on any atom is -0.494 e. The quantitative estimate of drug-likeness (QED) is 0.169. The van der Waals surface area contributed by atoms with E-state index in [1.165, 1.54) is 23.1 Å². The molecule has 0 atom stereocenters. The summed E-state index contributed by atoms with van der Waals surface area (Å²) in [6, 6.07) is 22.9. The number of halogens is 2. The first-order valence-electron chi connectivity index (χ1n) is 12.1. The normalized spacial score (nSPS) is 10.9. The Labute approximate surface area is 244 Å². The lowest BCUT2D eigenvalue weighted by Crippen LogP contribution is -2.14. The third kappa shape index (κ3) is 6.80. The van der Waals surface area contributed by atoms with Crippen molar-refractivity contribution in [1.82, 2.24) is 19.7 Å². The molecule has 0 aliphatic heterocycles. The van der Waals surface area contributed by atoms with Crippen molar-refractivity contribution in [2.24, 2.45) is 0 Å². The molecule has 198 valence electrons. The molecule has 0 aliphatic carbocycles. The topological polar surface area (TPSA) is 81.9 Å². The van der Waals surface area contributed by atoms with Crippen molar-refractivity contribution in [3.63, 3.8) is 0 Å². The van der Waals surface area contributed by atoms with Gasteiger partial charge in [-0.05, 0) is 67.1 Å². The second-order valence-electron chi connectivity index (χ2n) is 8.32. The summed E-state index contributed by atoms with van der Waals surface area (Å²) in [5.74, 6) is 1.42. The van der Waals surface area contributed by atoms with Crippen molar-refractivity contribution in [2.45, 2.75) is 18.5 Å². The molecule has 0 bridgehead atoms. The molecule has 0 aliphatic rings. The Hall–Kier alpha value is -3.37. The van der Waals surface area contributed by atoms with Crippen LogP contribution in [0.1, 0.15) is 17.4 Å². The van der Waals surface area contributed by atoms with E-state index in [2.05, 4.69) is 20.5 Å². The van der Waals surface area contributed by atoms with E-state index in [9.17, 15) is 4.79 Å². The van der Waals surface area contributed by atoms with Crippen molar-refractivity contribution in [3.8, 4) is 22.8 Å². The van der Waals surface area contributed by atoms with Gasteiger partial charge in [0.15, 0.2) is 16.1 Å². The maximum Gasteiger partial charge on any atom is 0.236 e. The standard InChI is InChI=1S/C28H23Cl2N5O2S2/c1-2-37-22-11-8-18(9-12-22)26-33-34-28(35(26)21-6-4-3-5-7-21)38-17-25(36)32-27-31-16-23(39-27)15-19-14-20(29)10-13-24(19)30/h3-14,16H,2,15,17H2,1H3,(H,31,32,36). The Morgan fingerprint density at radius 1 is 1.05 bits per heavy atom. The number of hydrogen-bond acceptors (Lipinski definition) is 7. The smallest absolute Gasteiger partial charge is 0.236 e. The van der Waals surface area contributed by atoms with Crippen LogP contribution in [0.5, 0.6) is 5.75 Å². The number of para-hydroxylation sites is 1. The average molecular weight is 597 g/mol. The summed E-state index contributed by atoms with van der Waals surface area (Å²) in [7, 11) is 0. The number of benzene rings is 3. The molecular weight excluding hydrogens is 573 g/mol. The van der Waals surface area contributed by atoms with E-state index < -0.39 is 0 Å². The summed E-state index contributed by atoms with van der Waals surface area (Å²) in [4.78, 5) is 18.1. The maximum absolute atomic E-state index is 12.8. The third-order valence-electron chi connectivity index (χ3n) is 5.58. The molecule has 0 fully saturated rings. The molecule has 1 N–H and O–H groups in total. The highest BCUT2D eigenvalue weighted by atomic mass is 35.5. The van der Waals surface area contributed by atoms with Gasteiger partial charge in [0.2, 0.25) is 5.91 Å². The number of amides is 1. The van der Waals surface area contributed by atoms with Gasteiger partial charge in [-0.1, -0.05) is 53.2 Å². The van der Waals surface area contributed by atoms with Gasteiger partial charge in [-0.3, -0.25) is 9.36 Å². The number of hydrogen-bond donors (Lipinski definition) is 1. The predicted molar refractivity (Wildman–Crippen MR) is 159 cm³/mol. The summed E-state index contributed by atoms with van der Waals surface area (Å²) >= 11 is 15.1. The van der Waals surface area contributed by atoms with E-state index in [4.69, 9.17) is 27.9 Å². The van der Waals surface area contributed by atoms with Crippen LogP contribution in [-0.4, -0.2) is 38.0 Å². The Morgan fingerprint density at radius 3 is 2.62 bits per heavy atom. The number of thiazole rings is 1. The molecule has 2 aromatic heterocycles. The van der Waals surface area contributed by atoms with Crippen LogP contribution < -0.4 is 10.1 Å². The number of carbonyl (C=O) groups excluding carboxylic acids is 1. The van der Waals surface area contributed by atoms with Gasteiger partial charge in [0.05, 0.1) is 12.4 Å². The molecule has 11 heteroatoms. The third-order valence-corrected chi connectivity index (χ3v) is 8.02. The fraction of sp³-hybridized carbons (Fsp3) is 0.143. The molecule has 0 saturated carbocycles. The van der Waals surface area contributed by atoms with Crippen LogP contribution in [0.15, 0.2) is 84.1 Å². The minimum absolute atomic E-state index is 0.142. The maximum atomic E-state index is 12.8. The van der Waals surface area contributed by atoms with Gasteiger partial charge in [0.1, 0.15) is 5.75 Å². The van der Waals surface area contributed by atoms with Crippen LogP contribution in [0.3, 0.4) is 0 Å². The largest absolute Gasteiger partial charge is 0.494 e. The van der Waals surface area contributed by atoms with E-state index in [0.717, 1.165) is 27.4 Å². The van der Waals surface area contributed by atoms with Gasteiger partial charge in [0.25, 0.3) is 0 Å². The first-order chi connectivity index (χ1) is 19.0. The van der Waals surface area contributed by atoms with Gasteiger partial charge in [-0.15, -0.1) is 21.5 Å². The first kappa shape index (κ1) is 27.2. The SMILES string of the molecule is CCOc1ccc(-c2nnc(SCC(=O)Nc3ncc(Cc4cc(Cl)ccc4Cl)s3)n2-c2ccccc2)cc1. The molecule has 0 radical (unpaired) electrons. The van der Waals surface area contributed by atoms with Crippen LogP contribution >= 0.6 is 46.3 Å². The second kappa shape index (κ2) is 12.7. The van der Waals surface area contributed by atoms with Crippen molar-refractivity contribution >= 4 is 57.3 Å². The Balaban J connectivity index is 1.28. The lowest BCUT2D eigenvalue weighted by atomic mass is 10.1. The molecule has 0 unspecified atom stereocenters. The lowest BCUT2D eigenvalue weighted by molar-refractivity contribution is -0.113. The summed E-state index contributed by atoms with van der Waals surface area (Å²) < 4.78 is 7.51. The number of aromatic nitrogens is 4. The van der Waals surface area contributed by atoms with Crippen molar-refractivity contribution in [3.05, 3.63) is 99.5 Å². The van der Waals surface area contributed by atoms with E-state index in [-0.39, 0.29) is 11.7 Å².